The van der Waals surface area contributed by atoms with E-state index in [2.05, 4.69) is 20.0 Å². The number of nitrogen functional groups attached to an aromatic ring is 1. The van der Waals surface area contributed by atoms with Gasteiger partial charge in [0.05, 0.1) is 7.11 Å². The van der Waals surface area contributed by atoms with E-state index >= 15 is 0 Å². The molecule has 6 nitrogen and oxygen atoms in total. The molecule has 0 aliphatic heterocycles. The first-order valence-corrected chi connectivity index (χ1v) is 4.55. The first-order valence-electron chi connectivity index (χ1n) is 4.17. The summed E-state index contributed by atoms with van der Waals surface area (Å²) in [5.74, 6) is 0.0239. The number of nitrogens with two attached hydrogens (primary N) is 1. The summed E-state index contributed by atoms with van der Waals surface area (Å²) < 4.78 is 4.54. The molecule has 0 aliphatic carbocycles. The molecule has 1 atom stereocenters. The lowest BCUT2D eigenvalue weighted by Crippen LogP contribution is -2.27. The van der Waals surface area contributed by atoms with Crippen molar-refractivity contribution in [3.05, 3.63) is 11.2 Å². The molecule has 15 heavy (non-hydrogen) atoms. The Morgan fingerprint density at radius 2 is 2.33 bits per heavy atom. The molecule has 1 rings (SSSR count). The molecule has 0 amide bonds. The predicted molar refractivity (Wildman–Crippen MR) is 56.6 cm³/mol. The third-order valence-corrected chi connectivity index (χ3v) is 1.82. The molecule has 1 aromatic heterocycles. The van der Waals surface area contributed by atoms with Gasteiger partial charge >= 0.3 is 5.97 Å². The van der Waals surface area contributed by atoms with Crippen molar-refractivity contribution in [2.45, 2.75) is 13.0 Å². The van der Waals surface area contributed by atoms with E-state index in [0.29, 0.717) is 5.82 Å². The second-order valence-corrected chi connectivity index (χ2v) is 3.21. The second kappa shape index (κ2) is 4.79. The van der Waals surface area contributed by atoms with Crippen molar-refractivity contribution < 1.29 is 9.53 Å². The summed E-state index contributed by atoms with van der Waals surface area (Å²) in [5, 5.41) is 2.99. The highest BCUT2D eigenvalue weighted by Gasteiger charge is 2.13. The highest BCUT2D eigenvalue weighted by Crippen LogP contribution is 2.13. The van der Waals surface area contributed by atoms with E-state index in [1.165, 1.54) is 13.2 Å². The van der Waals surface area contributed by atoms with Crippen LogP contribution < -0.4 is 11.1 Å². The molecule has 1 aromatic rings. The molecule has 1 unspecified atom stereocenters. The Hall–Kier alpha value is -1.56. The van der Waals surface area contributed by atoms with Gasteiger partial charge in [-0.1, -0.05) is 11.6 Å². The minimum atomic E-state index is -0.527. The van der Waals surface area contributed by atoms with Gasteiger partial charge in [-0.05, 0) is 6.92 Å². The van der Waals surface area contributed by atoms with Crippen LogP contribution in [0.4, 0.5) is 11.8 Å². The van der Waals surface area contributed by atoms with Crippen LogP contribution in [0.1, 0.15) is 6.92 Å². The molecule has 82 valence electrons. The topological polar surface area (TPSA) is 90.1 Å². The van der Waals surface area contributed by atoms with Crippen LogP contribution in [0.2, 0.25) is 5.15 Å². The predicted octanol–water partition coefficient (Wildman–Crippen LogP) is 0.686. The quantitative estimate of drug-likeness (QED) is 0.586. The Morgan fingerprint density at radius 1 is 1.67 bits per heavy atom. The van der Waals surface area contributed by atoms with Crippen LogP contribution in [0.5, 0.6) is 0 Å². The fraction of sp³-hybridized carbons (Fsp3) is 0.375. The molecule has 1 heterocycles. The molecular weight excluding hydrogens is 220 g/mol. The second-order valence-electron chi connectivity index (χ2n) is 2.82. The minimum absolute atomic E-state index is 0.0436. The van der Waals surface area contributed by atoms with Crippen molar-refractivity contribution in [1.82, 2.24) is 9.97 Å². The summed E-state index contributed by atoms with van der Waals surface area (Å²) in [5.41, 5.74) is 5.38. The van der Waals surface area contributed by atoms with Crippen LogP contribution in [0.15, 0.2) is 6.07 Å². The normalized spacial score (nSPS) is 11.9. The van der Waals surface area contributed by atoms with Crippen LogP contribution in [0.3, 0.4) is 0 Å². The molecule has 3 N–H and O–H groups in total. The van der Waals surface area contributed by atoms with Gasteiger partial charge in [0.15, 0.2) is 0 Å². The number of halogens is 1. The number of aromatic nitrogens is 2. The van der Waals surface area contributed by atoms with Crippen molar-refractivity contribution in [3.8, 4) is 0 Å². The van der Waals surface area contributed by atoms with Crippen LogP contribution in [0.25, 0.3) is 0 Å². The zero-order chi connectivity index (χ0) is 11.4. The zero-order valence-electron chi connectivity index (χ0n) is 8.32. The number of carbonyl (C=O) groups excluding carboxylic acids is 1. The molecule has 0 saturated carbocycles. The van der Waals surface area contributed by atoms with Gasteiger partial charge in [0, 0.05) is 6.07 Å². The lowest BCUT2D eigenvalue weighted by atomic mass is 10.3. The molecular formula is C8H11ClN4O2. The smallest absolute Gasteiger partial charge is 0.328 e. The van der Waals surface area contributed by atoms with Crippen molar-refractivity contribution in [3.63, 3.8) is 0 Å². The molecule has 0 fully saturated rings. The molecule has 0 aliphatic rings. The lowest BCUT2D eigenvalue weighted by molar-refractivity contribution is -0.141. The minimum Gasteiger partial charge on any atom is -0.467 e. The number of ether oxygens (including phenoxy) is 1. The maximum Gasteiger partial charge on any atom is 0.328 e. The average Bonchev–Trinajstić information content (AvgIpc) is 2.14. The van der Waals surface area contributed by atoms with Gasteiger partial charge in [-0.25, -0.2) is 9.78 Å². The van der Waals surface area contributed by atoms with E-state index < -0.39 is 12.0 Å². The Bertz CT molecular complexity index is 351. The van der Waals surface area contributed by atoms with Crippen molar-refractivity contribution in [2.75, 3.05) is 18.2 Å². The fourth-order valence-corrected chi connectivity index (χ4v) is 1.16. The first-order chi connectivity index (χ1) is 7.02. The van der Waals surface area contributed by atoms with Crippen LogP contribution >= 0.6 is 11.6 Å². The van der Waals surface area contributed by atoms with E-state index in [0.717, 1.165) is 0 Å². The molecule has 0 radical (unpaired) electrons. The van der Waals surface area contributed by atoms with E-state index in [9.17, 15) is 4.79 Å². The standard InChI is InChI=1S/C8H11ClN4O2/c1-4(7(14)15-2)11-6-3-5(9)12-8(10)13-6/h3-4H,1-2H3,(H3,10,11,12,13). The fourth-order valence-electron chi connectivity index (χ4n) is 0.967. The molecule has 0 spiro atoms. The summed E-state index contributed by atoms with van der Waals surface area (Å²) in [6.07, 6.45) is 0. The summed E-state index contributed by atoms with van der Waals surface area (Å²) in [6, 6.07) is 0.942. The maximum atomic E-state index is 11.1. The van der Waals surface area contributed by atoms with Crippen LogP contribution in [0, 0.1) is 0 Å². The molecule has 7 heteroatoms. The number of esters is 1. The number of carbonyl (C=O) groups is 1. The highest BCUT2D eigenvalue weighted by molar-refractivity contribution is 6.29. The van der Waals surface area contributed by atoms with Crippen LogP contribution in [-0.2, 0) is 9.53 Å². The van der Waals surface area contributed by atoms with E-state index in [-0.39, 0.29) is 11.1 Å². The van der Waals surface area contributed by atoms with E-state index in [1.54, 1.807) is 6.92 Å². The summed E-state index contributed by atoms with van der Waals surface area (Å²) in [7, 11) is 1.31. The first kappa shape index (κ1) is 11.5. The van der Waals surface area contributed by atoms with Gasteiger partial charge in [0.1, 0.15) is 17.0 Å². The number of rotatable bonds is 3. The van der Waals surface area contributed by atoms with E-state index in [4.69, 9.17) is 17.3 Å². The van der Waals surface area contributed by atoms with Crippen molar-refractivity contribution in [2.24, 2.45) is 0 Å². The average molecular weight is 231 g/mol. The Morgan fingerprint density at radius 3 is 2.87 bits per heavy atom. The number of nitrogens with one attached hydrogen (secondary N) is 1. The Balaban J connectivity index is 2.76. The highest BCUT2D eigenvalue weighted by atomic mass is 35.5. The largest absolute Gasteiger partial charge is 0.467 e. The lowest BCUT2D eigenvalue weighted by Gasteiger charge is -2.12. The zero-order valence-corrected chi connectivity index (χ0v) is 9.08. The number of hydrogen-bond acceptors (Lipinski definition) is 6. The number of anilines is 2. The van der Waals surface area contributed by atoms with Gasteiger partial charge in [-0.2, -0.15) is 4.98 Å². The van der Waals surface area contributed by atoms with Crippen LogP contribution in [-0.4, -0.2) is 29.1 Å². The SMILES string of the molecule is COC(=O)C(C)Nc1cc(Cl)nc(N)n1. The maximum absolute atomic E-state index is 11.1. The molecule has 0 saturated heterocycles. The van der Waals surface area contributed by atoms with Gasteiger partial charge in [0.25, 0.3) is 0 Å². The number of methoxy groups -OCH3 is 1. The van der Waals surface area contributed by atoms with Gasteiger partial charge in [-0.3, -0.25) is 0 Å². The van der Waals surface area contributed by atoms with Gasteiger partial charge in [0.2, 0.25) is 5.95 Å². The molecule has 0 bridgehead atoms. The molecule has 0 aromatic carbocycles. The monoisotopic (exact) mass is 230 g/mol. The van der Waals surface area contributed by atoms with Crippen molar-refractivity contribution in [1.29, 1.82) is 0 Å². The summed E-state index contributed by atoms with van der Waals surface area (Å²) in [4.78, 5) is 18.6. The Labute approximate surface area is 91.8 Å². The third-order valence-electron chi connectivity index (χ3n) is 1.63. The van der Waals surface area contributed by atoms with Gasteiger partial charge < -0.3 is 15.8 Å². The summed E-state index contributed by atoms with van der Waals surface area (Å²) in [6.45, 7) is 1.64. The van der Waals surface area contributed by atoms with Gasteiger partial charge in [-0.15, -0.1) is 0 Å². The number of nitrogens with zero attached hydrogens (tertiary/aromatic N) is 2. The van der Waals surface area contributed by atoms with Crippen molar-refractivity contribution >= 4 is 29.3 Å². The van der Waals surface area contributed by atoms with E-state index in [1.807, 2.05) is 0 Å². The number of hydrogen-bond donors (Lipinski definition) is 2. The Kier molecular flexibility index (Phi) is 3.68. The summed E-state index contributed by atoms with van der Waals surface area (Å²) >= 11 is 5.66. The third kappa shape index (κ3) is 3.25.